The SMILES string of the molecule is Oc1c(Cl)cc(Cl)cc1CNc1ccccc1Cl. The molecule has 2 N–H and O–H groups in total. The Labute approximate surface area is 120 Å². The fourth-order valence-corrected chi connectivity index (χ4v) is 2.29. The number of hydrogen-bond acceptors (Lipinski definition) is 2. The molecule has 94 valence electrons. The highest BCUT2D eigenvalue weighted by Gasteiger charge is 2.08. The zero-order chi connectivity index (χ0) is 13.1. The van der Waals surface area contributed by atoms with E-state index in [2.05, 4.69) is 5.32 Å². The van der Waals surface area contributed by atoms with Crippen molar-refractivity contribution < 1.29 is 5.11 Å². The van der Waals surface area contributed by atoms with Crippen molar-refractivity contribution >= 4 is 40.5 Å². The molecule has 0 unspecified atom stereocenters. The molecule has 0 aliphatic carbocycles. The fraction of sp³-hybridized carbons (Fsp3) is 0.0769. The molecule has 0 fully saturated rings. The van der Waals surface area contributed by atoms with Gasteiger partial charge in [0.05, 0.1) is 15.7 Å². The maximum atomic E-state index is 9.81. The third kappa shape index (κ3) is 3.02. The van der Waals surface area contributed by atoms with Crippen molar-refractivity contribution in [3.8, 4) is 5.75 Å². The number of nitrogens with one attached hydrogen (secondary N) is 1. The van der Waals surface area contributed by atoms with E-state index >= 15 is 0 Å². The lowest BCUT2D eigenvalue weighted by atomic mass is 10.2. The largest absolute Gasteiger partial charge is 0.506 e. The summed E-state index contributed by atoms with van der Waals surface area (Å²) in [4.78, 5) is 0. The van der Waals surface area contributed by atoms with Crippen molar-refractivity contribution in [3.63, 3.8) is 0 Å². The Morgan fingerprint density at radius 1 is 1.00 bits per heavy atom. The molecule has 2 rings (SSSR count). The van der Waals surface area contributed by atoms with Gasteiger partial charge in [-0.25, -0.2) is 0 Å². The van der Waals surface area contributed by atoms with Gasteiger partial charge in [-0.3, -0.25) is 0 Å². The van der Waals surface area contributed by atoms with Crippen molar-refractivity contribution in [2.45, 2.75) is 6.54 Å². The normalized spacial score (nSPS) is 10.4. The molecule has 0 amide bonds. The first-order chi connectivity index (χ1) is 8.58. The Bertz CT molecular complexity index is 572. The number of phenolic OH excluding ortho intramolecular Hbond substituents is 1. The predicted molar refractivity (Wildman–Crippen MR) is 76.9 cm³/mol. The van der Waals surface area contributed by atoms with Crippen molar-refractivity contribution in [2.24, 2.45) is 0 Å². The maximum absolute atomic E-state index is 9.81. The number of benzene rings is 2. The van der Waals surface area contributed by atoms with Crippen LogP contribution in [0, 0.1) is 0 Å². The molecule has 2 aromatic rings. The van der Waals surface area contributed by atoms with Crippen LogP contribution in [0.4, 0.5) is 5.69 Å². The number of phenols is 1. The van der Waals surface area contributed by atoms with Gasteiger partial charge in [0.15, 0.2) is 0 Å². The molecule has 18 heavy (non-hydrogen) atoms. The summed E-state index contributed by atoms with van der Waals surface area (Å²) in [6.45, 7) is 0.385. The first-order valence-corrected chi connectivity index (χ1v) is 6.36. The van der Waals surface area contributed by atoms with E-state index in [9.17, 15) is 5.11 Å². The summed E-state index contributed by atoms with van der Waals surface area (Å²) in [6, 6.07) is 10.5. The summed E-state index contributed by atoms with van der Waals surface area (Å²) < 4.78 is 0. The molecule has 0 aliphatic rings. The quantitative estimate of drug-likeness (QED) is 0.839. The molecular weight excluding hydrogens is 293 g/mol. The van der Waals surface area contributed by atoms with Crippen LogP contribution in [0.5, 0.6) is 5.75 Å². The van der Waals surface area contributed by atoms with E-state index in [4.69, 9.17) is 34.8 Å². The molecular formula is C13H10Cl3NO. The topological polar surface area (TPSA) is 32.3 Å². The highest BCUT2D eigenvalue weighted by molar-refractivity contribution is 6.35. The van der Waals surface area contributed by atoms with Crippen LogP contribution in [0.3, 0.4) is 0 Å². The van der Waals surface area contributed by atoms with E-state index in [0.29, 0.717) is 22.2 Å². The molecule has 2 nitrogen and oxygen atoms in total. The summed E-state index contributed by atoms with van der Waals surface area (Å²) in [5, 5.41) is 14.3. The van der Waals surface area contributed by atoms with Crippen molar-refractivity contribution in [1.29, 1.82) is 0 Å². The fourth-order valence-electron chi connectivity index (χ4n) is 1.55. The minimum absolute atomic E-state index is 0.0284. The molecule has 0 radical (unpaired) electrons. The average molecular weight is 303 g/mol. The number of anilines is 1. The van der Waals surface area contributed by atoms with Crippen LogP contribution in [-0.2, 0) is 6.54 Å². The number of para-hydroxylation sites is 1. The van der Waals surface area contributed by atoms with Gasteiger partial charge in [-0.05, 0) is 24.3 Å². The van der Waals surface area contributed by atoms with E-state index < -0.39 is 0 Å². The smallest absolute Gasteiger partial charge is 0.139 e. The van der Waals surface area contributed by atoms with Crippen LogP contribution in [0.2, 0.25) is 15.1 Å². The van der Waals surface area contributed by atoms with Gasteiger partial charge in [0.25, 0.3) is 0 Å². The molecule has 0 heterocycles. The van der Waals surface area contributed by atoms with Crippen LogP contribution >= 0.6 is 34.8 Å². The molecule has 0 aliphatic heterocycles. The van der Waals surface area contributed by atoms with Gasteiger partial charge >= 0.3 is 0 Å². The highest BCUT2D eigenvalue weighted by Crippen LogP contribution is 2.32. The summed E-state index contributed by atoms with van der Waals surface area (Å²) in [6.07, 6.45) is 0. The summed E-state index contributed by atoms with van der Waals surface area (Å²) in [7, 11) is 0. The molecule has 2 aromatic carbocycles. The second-order valence-electron chi connectivity index (χ2n) is 3.73. The molecule has 5 heteroatoms. The molecule has 0 saturated carbocycles. The molecule has 0 aromatic heterocycles. The maximum Gasteiger partial charge on any atom is 0.139 e. The zero-order valence-corrected chi connectivity index (χ0v) is 11.5. The summed E-state index contributed by atoms with van der Waals surface area (Å²) in [5.41, 5.74) is 1.40. The van der Waals surface area contributed by atoms with E-state index in [1.165, 1.54) is 6.07 Å². The minimum Gasteiger partial charge on any atom is -0.506 e. The highest BCUT2D eigenvalue weighted by atomic mass is 35.5. The van der Waals surface area contributed by atoms with Crippen LogP contribution in [0.1, 0.15) is 5.56 Å². The Morgan fingerprint density at radius 3 is 2.44 bits per heavy atom. The van der Waals surface area contributed by atoms with Crippen LogP contribution in [-0.4, -0.2) is 5.11 Å². The van der Waals surface area contributed by atoms with Gasteiger partial charge in [-0.1, -0.05) is 46.9 Å². The van der Waals surface area contributed by atoms with Crippen molar-refractivity contribution in [1.82, 2.24) is 0 Å². The van der Waals surface area contributed by atoms with Gasteiger partial charge in [0, 0.05) is 17.1 Å². The third-order valence-corrected chi connectivity index (χ3v) is 3.29. The lowest BCUT2D eigenvalue weighted by molar-refractivity contribution is 0.469. The monoisotopic (exact) mass is 301 g/mol. The second kappa shape index (κ2) is 5.70. The van der Waals surface area contributed by atoms with Gasteiger partial charge < -0.3 is 10.4 Å². The first kappa shape index (κ1) is 13.3. The van der Waals surface area contributed by atoms with Gasteiger partial charge in [0.2, 0.25) is 0 Å². The Kier molecular flexibility index (Phi) is 4.23. The summed E-state index contributed by atoms with van der Waals surface area (Å²) in [5.74, 6) is 0.0284. The van der Waals surface area contributed by atoms with Crippen LogP contribution in [0.15, 0.2) is 36.4 Å². The van der Waals surface area contributed by atoms with Crippen LogP contribution in [0.25, 0.3) is 0 Å². The zero-order valence-electron chi connectivity index (χ0n) is 9.25. The standard InChI is InChI=1S/C13H10Cl3NO/c14-9-5-8(13(18)11(16)6-9)7-17-12-4-2-1-3-10(12)15/h1-6,17-18H,7H2. The second-order valence-corrected chi connectivity index (χ2v) is 4.98. The number of rotatable bonds is 3. The Hall–Kier alpha value is -1.09. The van der Waals surface area contributed by atoms with Gasteiger partial charge in [-0.2, -0.15) is 0 Å². The van der Waals surface area contributed by atoms with Gasteiger partial charge in [-0.15, -0.1) is 0 Å². The van der Waals surface area contributed by atoms with Crippen molar-refractivity contribution in [3.05, 3.63) is 57.0 Å². The van der Waals surface area contributed by atoms with E-state index in [-0.39, 0.29) is 10.8 Å². The molecule has 0 atom stereocenters. The average Bonchev–Trinajstić information content (AvgIpc) is 2.33. The first-order valence-electron chi connectivity index (χ1n) is 5.23. The lowest BCUT2D eigenvalue weighted by Gasteiger charge is -2.10. The lowest BCUT2D eigenvalue weighted by Crippen LogP contribution is -2.00. The molecule has 0 saturated heterocycles. The van der Waals surface area contributed by atoms with Crippen molar-refractivity contribution in [2.75, 3.05) is 5.32 Å². The van der Waals surface area contributed by atoms with E-state index in [1.807, 2.05) is 18.2 Å². The number of hydrogen-bond donors (Lipinski definition) is 2. The number of aromatic hydroxyl groups is 1. The molecule has 0 bridgehead atoms. The Balaban J connectivity index is 2.18. The summed E-state index contributed by atoms with van der Waals surface area (Å²) >= 11 is 17.7. The van der Waals surface area contributed by atoms with E-state index in [0.717, 1.165) is 5.69 Å². The van der Waals surface area contributed by atoms with Crippen LogP contribution < -0.4 is 5.32 Å². The third-order valence-electron chi connectivity index (χ3n) is 2.45. The minimum atomic E-state index is 0.0284. The number of halogens is 3. The predicted octanol–water partition coefficient (Wildman–Crippen LogP) is 4.96. The molecule has 0 spiro atoms. The Morgan fingerprint density at radius 2 is 1.72 bits per heavy atom. The van der Waals surface area contributed by atoms with Gasteiger partial charge in [0.1, 0.15) is 5.75 Å². The van der Waals surface area contributed by atoms with E-state index in [1.54, 1.807) is 12.1 Å².